The molecule has 0 atom stereocenters. The van der Waals surface area contributed by atoms with E-state index < -0.39 is 0 Å². The predicted molar refractivity (Wildman–Crippen MR) is 83.6 cm³/mol. The lowest BCUT2D eigenvalue weighted by Gasteiger charge is -2.17. The number of aromatic amines is 2. The second-order valence-electron chi connectivity index (χ2n) is 5.48. The van der Waals surface area contributed by atoms with Crippen molar-refractivity contribution in [2.75, 3.05) is 18.0 Å². The topological polar surface area (TPSA) is 64.8 Å². The lowest BCUT2D eigenvalue weighted by Crippen LogP contribution is -2.22. The molecule has 1 aliphatic rings. The number of H-pyrrole nitrogens is 2. The molecule has 2 N–H and O–H groups in total. The fourth-order valence-corrected chi connectivity index (χ4v) is 2.95. The summed E-state index contributed by atoms with van der Waals surface area (Å²) >= 11 is 0. The smallest absolute Gasteiger partial charge is 0.250 e. The standard InChI is InChI=1S/C16H16N4O/c21-16-9-12(8-15(18-16)20-5-1-2-6-20)11-3-4-14-13(7-11)10-17-19-14/h3-4,7-10H,1-2,5-6H2,(H,17,19)(H,18,21). The van der Waals surface area contributed by atoms with Crippen LogP contribution >= 0.6 is 0 Å². The molecule has 1 aromatic carbocycles. The van der Waals surface area contributed by atoms with Crippen molar-refractivity contribution in [1.82, 2.24) is 15.2 Å². The molecule has 2 aromatic heterocycles. The van der Waals surface area contributed by atoms with Gasteiger partial charge in [0.15, 0.2) is 0 Å². The lowest BCUT2D eigenvalue weighted by molar-refractivity contribution is 0.931. The zero-order valence-electron chi connectivity index (χ0n) is 11.6. The van der Waals surface area contributed by atoms with E-state index >= 15 is 0 Å². The van der Waals surface area contributed by atoms with Gasteiger partial charge in [0, 0.05) is 24.5 Å². The molecule has 5 heteroatoms. The van der Waals surface area contributed by atoms with E-state index in [2.05, 4.69) is 32.2 Å². The van der Waals surface area contributed by atoms with Crippen LogP contribution in [0.3, 0.4) is 0 Å². The summed E-state index contributed by atoms with van der Waals surface area (Å²) in [5, 5.41) is 8.02. The SMILES string of the molecule is O=c1cc(-c2ccc3[nH]ncc3c2)cc(N2CCCC2)[nH]1. The Morgan fingerprint density at radius 3 is 2.76 bits per heavy atom. The van der Waals surface area contributed by atoms with Gasteiger partial charge in [-0.1, -0.05) is 6.07 Å². The van der Waals surface area contributed by atoms with Gasteiger partial charge in [0.1, 0.15) is 5.82 Å². The number of hydrogen-bond donors (Lipinski definition) is 2. The van der Waals surface area contributed by atoms with Crippen LogP contribution in [0.4, 0.5) is 5.82 Å². The highest BCUT2D eigenvalue weighted by Crippen LogP contribution is 2.26. The van der Waals surface area contributed by atoms with E-state index in [1.165, 1.54) is 12.8 Å². The number of nitrogens with zero attached hydrogens (tertiary/aromatic N) is 2. The summed E-state index contributed by atoms with van der Waals surface area (Å²) in [5.74, 6) is 0.919. The molecule has 1 aliphatic heterocycles. The Hall–Kier alpha value is -2.56. The van der Waals surface area contributed by atoms with Crippen molar-refractivity contribution < 1.29 is 0 Å². The van der Waals surface area contributed by atoms with Gasteiger partial charge in [0.05, 0.1) is 11.7 Å². The largest absolute Gasteiger partial charge is 0.358 e. The van der Waals surface area contributed by atoms with Crippen molar-refractivity contribution in [3.8, 4) is 11.1 Å². The molecule has 4 rings (SSSR count). The second-order valence-corrected chi connectivity index (χ2v) is 5.48. The molecular formula is C16H16N4O. The van der Waals surface area contributed by atoms with Gasteiger partial charge in [0.2, 0.25) is 5.56 Å². The first-order valence-corrected chi connectivity index (χ1v) is 7.22. The lowest BCUT2D eigenvalue weighted by atomic mass is 10.1. The maximum Gasteiger partial charge on any atom is 0.250 e. The van der Waals surface area contributed by atoms with E-state index in [1.807, 2.05) is 12.1 Å². The summed E-state index contributed by atoms with van der Waals surface area (Å²) in [6, 6.07) is 9.79. The van der Waals surface area contributed by atoms with Crippen LogP contribution in [-0.2, 0) is 0 Å². The van der Waals surface area contributed by atoms with Crippen LogP contribution in [0.1, 0.15) is 12.8 Å². The molecule has 0 bridgehead atoms. The molecule has 0 spiro atoms. The normalized spacial score (nSPS) is 15.0. The zero-order chi connectivity index (χ0) is 14.2. The van der Waals surface area contributed by atoms with Crippen molar-refractivity contribution in [3.05, 3.63) is 46.9 Å². The monoisotopic (exact) mass is 280 g/mol. The maximum absolute atomic E-state index is 12.0. The number of benzene rings is 1. The minimum atomic E-state index is -0.0540. The van der Waals surface area contributed by atoms with Crippen LogP contribution in [0.2, 0.25) is 0 Å². The maximum atomic E-state index is 12.0. The highest BCUT2D eigenvalue weighted by atomic mass is 16.1. The zero-order valence-corrected chi connectivity index (χ0v) is 11.6. The average molecular weight is 280 g/mol. The highest BCUT2D eigenvalue weighted by molar-refractivity contribution is 5.84. The number of aromatic nitrogens is 3. The molecule has 0 unspecified atom stereocenters. The minimum Gasteiger partial charge on any atom is -0.358 e. The van der Waals surface area contributed by atoms with E-state index in [0.717, 1.165) is 40.9 Å². The number of rotatable bonds is 2. The predicted octanol–water partition coefficient (Wildman–Crippen LogP) is 2.52. The van der Waals surface area contributed by atoms with Crippen LogP contribution in [0.25, 0.3) is 22.0 Å². The van der Waals surface area contributed by atoms with Crippen LogP contribution in [0.5, 0.6) is 0 Å². The summed E-state index contributed by atoms with van der Waals surface area (Å²) in [5.41, 5.74) is 2.93. The molecule has 3 aromatic rings. The minimum absolute atomic E-state index is 0.0540. The molecule has 0 amide bonds. The van der Waals surface area contributed by atoms with Crippen molar-refractivity contribution in [2.24, 2.45) is 0 Å². The summed E-state index contributed by atoms with van der Waals surface area (Å²) in [7, 11) is 0. The van der Waals surface area contributed by atoms with Crippen molar-refractivity contribution in [2.45, 2.75) is 12.8 Å². The van der Waals surface area contributed by atoms with Gasteiger partial charge in [-0.15, -0.1) is 0 Å². The van der Waals surface area contributed by atoms with E-state index in [0.29, 0.717) is 0 Å². The van der Waals surface area contributed by atoms with Gasteiger partial charge in [0.25, 0.3) is 0 Å². The Bertz CT molecular complexity index is 843. The number of hydrogen-bond acceptors (Lipinski definition) is 3. The number of anilines is 1. The quantitative estimate of drug-likeness (QED) is 0.758. The van der Waals surface area contributed by atoms with Gasteiger partial charge in [-0.2, -0.15) is 5.10 Å². The number of pyridine rings is 1. The number of nitrogens with one attached hydrogen (secondary N) is 2. The molecular weight excluding hydrogens is 264 g/mol. The Morgan fingerprint density at radius 1 is 1.05 bits per heavy atom. The van der Waals surface area contributed by atoms with Crippen molar-refractivity contribution in [3.63, 3.8) is 0 Å². The fourth-order valence-electron chi connectivity index (χ4n) is 2.95. The molecule has 3 heterocycles. The van der Waals surface area contributed by atoms with Gasteiger partial charge in [-0.25, -0.2) is 0 Å². The van der Waals surface area contributed by atoms with E-state index in [-0.39, 0.29) is 5.56 Å². The third-order valence-corrected chi connectivity index (χ3v) is 4.05. The van der Waals surface area contributed by atoms with Gasteiger partial charge < -0.3 is 9.88 Å². The van der Waals surface area contributed by atoms with Gasteiger partial charge in [-0.05, 0) is 42.2 Å². The summed E-state index contributed by atoms with van der Waals surface area (Å²) in [6.45, 7) is 2.03. The number of fused-ring (bicyclic) bond motifs is 1. The van der Waals surface area contributed by atoms with E-state index in [9.17, 15) is 4.79 Å². The van der Waals surface area contributed by atoms with Gasteiger partial charge in [-0.3, -0.25) is 9.89 Å². The molecule has 5 nitrogen and oxygen atoms in total. The van der Waals surface area contributed by atoms with Crippen LogP contribution in [0.15, 0.2) is 41.3 Å². The molecule has 21 heavy (non-hydrogen) atoms. The average Bonchev–Trinajstić information content (AvgIpc) is 3.17. The summed E-state index contributed by atoms with van der Waals surface area (Å²) in [4.78, 5) is 17.1. The molecule has 1 fully saturated rings. The first-order chi connectivity index (χ1) is 10.3. The van der Waals surface area contributed by atoms with E-state index in [1.54, 1.807) is 12.3 Å². The van der Waals surface area contributed by atoms with Crippen molar-refractivity contribution >= 4 is 16.7 Å². The summed E-state index contributed by atoms with van der Waals surface area (Å²) in [6.07, 6.45) is 4.17. The first kappa shape index (κ1) is 12.2. The Balaban J connectivity index is 1.81. The Morgan fingerprint density at radius 2 is 1.90 bits per heavy atom. The fraction of sp³-hybridized carbons (Fsp3) is 0.250. The molecule has 0 saturated carbocycles. The highest BCUT2D eigenvalue weighted by Gasteiger charge is 2.14. The first-order valence-electron chi connectivity index (χ1n) is 7.22. The molecule has 106 valence electrons. The van der Waals surface area contributed by atoms with Crippen molar-refractivity contribution in [1.29, 1.82) is 0 Å². The second kappa shape index (κ2) is 4.77. The van der Waals surface area contributed by atoms with Crippen LogP contribution in [-0.4, -0.2) is 28.3 Å². The van der Waals surface area contributed by atoms with Gasteiger partial charge >= 0.3 is 0 Å². The molecule has 1 saturated heterocycles. The summed E-state index contributed by atoms with van der Waals surface area (Å²) < 4.78 is 0. The third kappa shape index (κ3) is 2.20. The molecule has 0 radical (unpaired) electrons. The van der Waals surface area contributed by atoms with Crippen LogP contribution < -0.4 is 10.5 Å². The third-order valence-electron chi connectivity index (χ3n) is 4.05. The Kier molecular flexibility index (Phi) is 2.77. The van der Waals surface area contributed by atoms with Crippen LogP contribution in [0, 0.1) is 0 Å². The molecule has 0 aliphatic carbocycles. The Labute approximate surface area is 121 Å². The van der Waals surface area contributed by atoms with E-state index in [4.69, 9.17) is 0 Å².